The minimum Gasteiger partial charge on any atom is -0.355 e. The highest BCUT2D eigenvalue weighted by atomic mass is 32.2. The molecule has 0 aliphatic heterocycles. The number of rotatable bonds is 6. The first-order chi connectivity index (χ1) is 13.2. The van der Waals surface area contributed by atoms with E-state index in [1.54, 1.807) is 4.40 Å². The lowest BCUT2D eigenvalue weighted by Gasteiger charge is -2.22. The van der Waals surface area contributed by atoms with Crippen molar-refractivity contribution in [1.82, 2.24) is 24.6 Å². The number of carbonyl (C=O) groups is 1. The van der Waals surface area contributed by atoms with Crippen LogP contribution in [0.3, 0.4) is 0 Å². The average molecular weight is 383 g/mol. The number of hydrogen-bond donors (Lipinski definition) is 2. The van der Waals surface area contributed by atoms with E-state index in [0.29, 0.717) is 35.9 Å². The van der Waals surface area contributed by atoms with E-state index in [4.69, 9.17) is 0 Å². The molecular weight excluding hydrogens is 362 g/mol. The van der Waals surface area contributed by atoms with Crippen molar-refractivity contribution in [3.05, 3.63) is 35.4 Å². The van der Waals surface area contributed by atoms with E-state index >= 15 is 0 Å². The number of aryl methyl sites for hydroxylation is 1. The predicted molar refractivity (Wildman–Crippen MR) is 106 cm³/mol. The summed E-state index contributed by atoms with van der Waals surface area (Å²) in [6.07, 6.45) is 1.67. The highest BCUT2D eigenvalue weighted by molar-refractivity contribution is 8.00. The Morgan fingerprint density at radius 3 is 2.78 bits per heavy atom. The van der Waals surface area contributed by atoms with Gasteiger partial charge in [-0.05, 0) is 32.3 Å². The lowest BCUT2D eigenvalue weighted by molar-refractivity contribution is 0.0979. The summed E-state index contributed by atoms with van der Waals surface area (Å²) in [5, 5.41) is 15.2. The first kappa shape index (κ1) is 17.7. The molecule has 27 heavy (non-hydrogen) atoms. The molecule has 1 atom stereocenters. The van der Waals surface area contributed by atoms with Gasteiger partial charge in [-0.1, -0.05) is 36.0 Å². The van der Waals surface area contributed by atoms with Crippen molar-refractivity contribution >= 4 is 35.2 Å². The summed E-state index contributed by atoms with van der Waals surface area (Å²) in [4.78, 5) is 21.8. The molecular formula is C18H21N7OS. The highest BCUT2D eigenvalue weighted by Crippen LogP contribution is 2.33. The Morgan fingerprint density at radius 2 is 1.96 bits per heavy atom. The molecule has 0 saturated heterocycles. The second kappa shape index (κ2) is 7.51. The van der Waals surface area contributed by atoms with Crippen LogP contribution >= 0.6 is 11.8 Å². The minimum atomic E-state index is -0.185. The summed E-state index contributed by atoms with van der Waals surface area (Å²) >= 11 is 1.43. The lowest BCUT2D eigenvalue weighted by atomic mass is 9.90. The van der Waals surface area contributed by atoms with E-state index in [9.17, 15) is 4.79 Å². The largest absolute Gasteiger partial charge is 0.355 e. The molecule has 8 nitrogen and oxygen atoms in total. The summed E-state index contributed by atoms with van der Waals surface area (Å²) in [5.41, 5.74) is 1.94. The number of nitrogens with zero attached hydrogens (tertiary/aromatic N) is 5. The SMILES string of the molecule is CCNc1nc(NCC)n2c(S[C@@H]3CCc4ccccc4C3=O)nnc2n1. The Balaban J connectivity index is 1.67. The minimum absolute atomic E-state index is 0.147. The number of benzene rings is 1. The van der Waals surface area contributed by atoms with Crippen molar-refractivity contribution in [3.63, 3.8) is 0 Å². The third kappa shape index (κ3) is 3.34. The zero-order valence-electron chi connectivity index (χ0n) is 15.3. The number of hydrogen-bond acceptors (Lipinski definition) is 8. The molecule has 3 aromatic rings. The van der Waals surface area contributed by atoms with Gasteiger partial charge in [0.15, 0.2) is 10.9 Å². The van der Waals surface area contributed by atoms with Crippen LogP contribution in [0.15, 0.2) is 29.4 Å². The molecule has 0 unspecified atom stereocenters. The maximum absolute atomic E-state index is 12.9. The molecule has 1 aliphatic carbocycles. The number of fused-ring (bicyclic) bond motifs is 2. The molecule has 0 amide bonds. The Hall–Kier alpha value is -2.68. The summed E-state index contributed by atoms with van der Waals surface area (Å²) in [6, 6.07) is 7.82. The van der Waals surface area contributed by atoms with Crippen LogP contribution in [-0.2, 0) is 6.42 Å². The van der Waals surface area contributed by atoms with Crippen LogP contribution in [-0.4, -0.2) is 48.7 Å². The number of Topliss-reactive ketones (excluding diaryl/α,β-unsaturated/α-hetero) is 1. The van der Waals surface area contributed by atoms with E-state index in [-0.39, 0.29) is 11.0 Å². The molecule has 0 spiro atoms. The first-order valence-electron chi connectivity index (χ1n) is 9.11. The second-order valence-electron chi connectivity index (χ2n) is 6.22. The van der Waals surface area contributed by atoms with Crippen LogP contribution in [0.1, 0.15) is 36.2 Å². The van der Waals surface area contributed by atoms with Crippen molar-refractivity contribution in [3.8, 4) is 0 Å². The standard InChI is InChI=1S/C18H21N7OS/c1-3-19-15-21-16(20-4-2)25-17(22-15)23-24-18(25)27-13-10-9-11-7-5-6-8-12(11)14(13)26/h5-8,13H,3-4,9-10H2,1-2H3,(H2,19,20,21,22,23)/t13-/m1/s1. The molecule has 2 N–H and O–H groups in total. The molecule has 0 saturated carbocycles. The fourth-order valence-electron chi connectivity index (χ4n) is 3.19. The van der Waals surface area contributed by atoms with Gasteiger partial charge < -0.3 is 10.6 Å². The first-order valence-corrected chi connectivity index (χ1v) is 9.99. The van der Waals surface area contributed by atoms with Crippen molar-refractivity contribution in [2.75, 3.05) is 23.7 Å². The third-order valence-electron chi connectivity index (χ3n) is 4.41. The fourth-order valence-corrected chi connectivity index (χ4v) is 4.28. The van der Waals surface area contributed by atoms with Crippen molar-refractivity contribution < 1.29 is 4.79 Å². The molecule has 140 valence electrons. The number of anilines is 2. The smallest absolute Gasteiger partial charge is 0.261 e. The van der Waals surface area contributed by atoms with Crippen molar-refractivity contribution in [2.24, 2.45) is 0 Å². The Kier molecular flexibility index (Phi) is 4.93. The monoisotopic (exact) mass is 383 g/mol. The third-order valence-corrected chi connectivity index (χ3v) is 5.62. The van der Waals surface area contributed by atoms with Gasteiger partial charge in [0, 0.05) is 18.7 Å². The van der Waals surface area contributed by atoms with Crippen LogP contribution in [0.25, 0.3) is 5.78 Å². The second-order valence-corrected chi connectivity index (χ2v) is 7.39. The molecule has 0 bridgehead atoms. The average Bonchev–Trinajstić information content (AvgIpc) is 3.08. The molecule has 0 radical (unpaired) electrons. The predicted octanol–water partition coefficient (Wildman–Crippen LogP) is 2.67. The molecule has 4 rings (SSSR count). The van der Waals surface area contributed by atoms with Crippen LogP contribution in [0.5, 0.6) is 0 Å². The zero-order valence-corrected chi connectivity index (χ0v) is 16.1. The molecule has 1 aliphatic rings. The molecule has 2 aromatic heterocycles. The Morgan fingerprint density at radius 1 is 1.15 bits per heavy atom. The summed E-state index contributed by atoms with van der Waals surface area (Å²) < 4.78 is 1.78. The van der Waals surface area contributed by atoms with Gasteiger partial charge in [-0.15, -0.1) is 10.2 Å². The Bertz CT molecular complexity index is 987. The van der Waals surface area contributed by atoms with E-state index in [1.165, 1.54) is 11.8 Å². The quantitative estimate of drug-likeness (QED) is 0.671. The maximum atomic E-state index is 12.9. The molecule has 2 heterocycles. The maximum Gasteiger partial charge on any atom is 0.261 e. The van der Waals surface area contributed by atoms with Crippen LogP contribution in [0, 0.1) is 0 Å². The van der Waals surface area contributed by atoms with Gasteiger partial charge in [0.1, 0.15) is 0 Å². The van der Waals surface area contributed by atoms with Gasteiger partial charge in [-0.2, -0.15) is 9.97 Å². The fraction of sp³-hybridized carbons (Fsp3) is 0.389. The van der Waals surface area contributed by atoms with Crippen LogP contribution in [0.2, 0.25) is 0 Å². The zero-order chi connectivity index (χ0) is 18.8. The van der Waals surface area contributed by atoms with Gasteiger partial charge >= 0.3 is 0 Å². The number of carbonyl (C=O) groups excluding carboxylic acids is 1. The van der Waals surface area contributed by atoms with Crippen LogP contribution in [0.4, 0.5) is 11.9 Å². The normalized spacial score (nSPS) is 16.4. The van der Waals surface area contributed by atoms with E-state index in [0.717, 1.165) is 24.0 Å². The number of ketones is 1. The topological polar surface area (TPSA) is 97.1 Å². The van der Waals surface area contributed by atoms with Gasteiger partial charge in [-0.3, -0.25) is 4.79 Å². The number of aromatic nitrogens is 5. The molecule has 1 aromatic carbocycles. The number of thioether (sulfide) groups is 1. The van der Waals surface area contributed by atoms with E-state index < -0.39 is 0 Å². The summed E-state index contributed by atoms with van der Waals surface area (Å²) in [6.45, 7) is 5.40. The van der Waals surface area contributed by atoms with E-state index in [2.05, 4.69) is 30.8 Å². The van der Waals surface area contributed by atoms with Gasteiger partial charge in [0.05, 0.1) is 5.25 Å². The molecule has 9 heteroatoms. The highest BCUT2D eigenvalue weighted by Gasteiger charge is 2.30. The number of nitrogens with one attached hydrogen (secondary N) is 2. The van der Waals surface area contributed by atoms with Crippen molar-refractivity contribution in [2.45, 2.75) is 37.1 Å². The Labute approximate surface area is 161 Å². The van der Waals surface area contributed by atoms with Gasteiger partial charge in [0.2, 0.25) is 11.9 Å². The van der Waals surface area contributed by atoms with Crippen molar-refractivity contribution in [1.29, 1.82) is 0 Å². The lowest BCUT2D eigenvalue weighted by Crippen LogP contribution is -2.25. The van der Waals surface area contributed by atoms with Gasteiger partial charge in [-0.25, -0.2) is 4.40 Å². The molecule has 0 fully saturated rings. The van der Waals surface area contributed by atoms with Crippen LogP contribution < -0.4 is 10.6 Å². The summed E-state index contributed by atoms with van der Waals surface area (Å²) in [7, 11) is 0. The van der Waals surface area contributed by atoms with Gasteiger partial charge in [0.25, 0.3) is 5.78 Å². The van der Waals surface area contributed by atoms with E-state index in [1.807, 2.05) is 38.1 Å². The summed E-state index contributed by atoms with van der Waals surface area (Å²) in [5.74, 6) is 1.74.